The molecule has 6 heteroatoms. The van der Waals surface area contributed by atoms with E-state index in [4.69, 9.17) is 9.47 Å². The lowest BCUT2D eigenvalue weighted by Crippen LogP contribution is -2.52. The number of carbonyl (C=O) groups excluding carboxylic acids is 3. The minimum absolute atomic E-state index is 0.0407. The van der Waals surface area contributed by atoms with Gasteiger partial charge in [0.2, 0.25) is 5.91 Å². The minimum atomic E-state index is -1.41. The Morgan fingerprint density at radius 3 is 1.93 bits per heavy atom. The number of amides is 1. The number of hydrogen-bond acceptors (Lipinski definition) is 5. The molecular weight excluding hydrogens is 562 g/mol. The molecule has 0 aromatic heterocycles. The fourth-order valence-electron chi connectivity index (χ4n) is 6.72. The van der Waals surface area contributed by atoms with Crippen LogP contribution in [0.4, 0.5) is 5.69 Å². The van der Waals surface area contributed by atoms with Crippen LogP contribution in [0.1, 0.15) is 43.0 Å². The summed E-state index contributed by atoms with van der Waals surface area (Å²) in [7, 11) is 0. The molecule has 6 rings (SSSR count). The molecule has 1 amide bonds. The smallest absolute Gasteiger partial charge is 0.334 e. The molecule has 0 radical (unpaired) electrons. The molecule has 1 spiro atoms. The highest BCUT2D eigenvalue weighted by Crippen LogP contribution is 2.58. The molecule has 45 heavy (non-hydrogen) atoms. The van der Waals surface area contributed by atoms with Crippen LogP contribution >= 0.6 is 0 Å². The zero-order valence-electron chi connectivity index (χ0n) is 25.8. The molecule has 4 aromatic carbocycles. The van der Waals surface area contributed by atoms with Crippen LogP contribution in [0.5, 0.6) is 0 Å². The van der Waals surface area contributed by atoms with Gasteiger partial charge in [-0.15, -0.1) is 0 Å². The van der Waals surface area contributed by atoms with Crippen LogP contribution in [0.15, 0.2) is 127 Å². The maximum absolute atomic E-state index is 15.2. The lowest BCUT2D eigenvalue weighted by molar-refractivity contribution is -0.164. The van der Waals surface area contributed by atoms with E-state index in [0.29, 0.717) is 18.5 Å². The highest BCUT2D eigenvalue weighted by Gasteiger charge is 2.66. The molecule has 0 saturated carbocycles. The molecule has 3 atom stereocenters. The summed E-state index contributed by atoms with van der Waals surface area (Å²) >= 11 is 0. The Labute approximate surface area is 264 Å². The summed E-state index contributed by atoms with van der Waals surface area (Å²) in [6, 6.07) is 36.6. The molecule has 0 fully saturated rings. The van der Waals surface area contributed by atoms with Crippen LogP contribution in [-0.2, 0) is 48.8 Å². The molecule has 1 aliphatic carbocycles. The fraction of sp³-hybridized carbons (Fsp3) is 0.256. The average Bonchev–Trinajstić information content (AvgIpc) is 3.50. The van der Waals surface area contributed by atoms with Crippen molar-refractivity contribution in [2.24, 2.45) is 11.8 Å². The molecular formula is C39H37NO5. The second-order valence-electron chi connectivity index (χ2n) is 12.7. The van der Waals surface area contributed by atoms with Gasteiger partial charge in [0.1, 0.15) is 23.5 Å². The highest BCUT2D eigenvalue weighted by atomic mass is 16.6. The number of benzene rings is 4. The van der Waals surface area contributed by atoms with E-state index < -0.39 is 34.8 Å². The summed E-state index contributed by atoms with van der Waals surface area (Å²) < 4.78 is 11.8. The van der Waals surface area contributed by atoms with Crippen LogP contribution in [0.3, 0.4) is 0 Å². The van der Waals surface area contributed by atoms with Gasteiger partial charge in [-0.3, -0.25) is 9.59 Å². The second kappa shape index (κ2) is 12.2. The quantitative estimate of drug-likeness (QED) is 0.205. The number of carbonyl (C=O) groups is 3. The van der Waals surface area contributed by atoms with E-state index in [0.717, 1.165) is 22.4 Å². The molecule has 228 valence electrons. The Balaban J connectivity index is 1.50. The van der Waals surface area contributed by atoms with Gasteiger partial charge in [0.25, 0.3) is 0 Å². The van der Waals surface area contributed by atoms with Gasteiger partial charge in [-0.25, -0.2) is 4.79 Å². The van der Waals surface area contributed by atoms with Gasteiger partial charge >= 0.3 is 11.9 Å². The molecule has 0 saturated heterocycles. The predicted molar refractivity (Wildman–Crippen MR) is 173 cm³/mol. The second-order valence-corrected chi connectivity index (χ2v) is 12.7. The normalized spacial score (nSPS) is 20.6. The van der Waals surface area contributed by atoms with E-state index in [1.54, 1.807) is 31.7 Å². The first-order valence-corrected chi connectivity index (χ1v) is 15.3. The Kier molecular flexibility index (Phi) is 8.15. The SMILES string of the molecule is CC(C)(C)OC(=O)[C@@H]1C(C(=O)OCc2ccccc2)=C[C@@H](Cc2ccccc2)[C@]12C(=O)N(Cc1ccccc1)c1ccccc12. The van der Waals surface area contributed by atoms with Crippen LogP contribution in [0.25, 0.3) is 0 Å². The average molecular weight is 600 g/mol. The van der Waals surface area contributed by atoms with Gasteiger partial charge in [0.15, 0.2) is 0 Å². The molecule has 1 heterocycles. The standard InChI is InChI=1S/C39H37NO5/c1-38(2,3)45-36(42)34-31(35(41)44-26-29-19-11-6-12-20-29)24-30(23-27-15-7-4-8-16-27)39(34)32-21-13-14-22-33(32)40(37(39)43)25-28-17-9-5-10-18-28/h4-22,24,30,34H,23,25-26H2,1-3H3/t30-,34+,39-/m1/s1. The summed E-state index contributed by atoms with van der Waals surface area (Å²) in [6.07, 6.45) is 2.24. The van der Waals surface area contributed by atoms with Gasteiger partial charge in [-0.1, -0.05) is 115 Å². The number of nitrogens with zero attached hydrogens (tertiary/aromatic N) is 1. The van der Waals surface area contributed by atoms with Gasteiger partial charge in [-0.05, 0) is 55.5 Å². The summed E-state index contributed by atoms with van der Waals surface area (Å²) in [5.74, 6) is -3.21. The minimum Gasteiger partial charge on any atom is -0.459 e. The third kappa shape index (κ3) is 5.80. The number of esters is 2. The largest absolute Gasteiger partial charge is 0.459 e. The highest BCUT2D eigenvalue weighted by molar-refractivity contribution is 6.14. The molecule has 0 N–H and O–H groups in total. The van der Waals surface area contributed by atoms with Gasteiger partial charge in [-0.2, -0.15) is 0 Å². The summed E-state index contributed by atoms with van der Waals surface area (Å²) in [6.45, 7) is 5.73. The first-order valence-electron chi connectivity index (χ1n) is 15.3. The lowest BCUT2D eigenvalue weighted by atomic mass is 9.64. The summed E-state index contributed by atoms with van der Waals surface area (Å²) in [4.78, 5) is 45.3. The van der Waals surface area contributed by atoms with Crippen molar-refractivity contribution in [3.63, 3.8) is 0 Å². The van der Waals surface area contributed by atoms with Crippen LogP contribution in [0, 0.1) is 11.8 Å². The number of para-hydroxylation sites is 1. The Bertz CT molecular complexity index is 1730. The van der Waals surface area contributed by atoms with Gasteiger partial charge in [0, 0.05) is 17.2 Å². The van der Waals surface area contributed by atoms with E-state index >= 15 is 4.79 Å². The molecule has 0 unspecified atom stereocenters. The van der Waals surface area contributed by atoms with Crippen molar-refractivity contribution < 1.29 is 23.9 Å². The zero-order chi connectivity index (χ0) is 31.6. The van der Waals surface area contributed by atoms with E-state index in [9.17, 15) is 9.59 Å². The van der Waals surface area contributed by atoms with Crippen molar-refractivity contribution >= 4 is 23.5 Å². The predicted octanol–water partition coefficient (Wildman–Crippen LogP) is 6.97. The third-order valence-electron chi connectivity index (χ3n) is 8.54. The van der Waals surface area contributed by atoms with Crippen molar-refractivity contribution in [3.05, 3.63) is 149 Å². The number of rotatable bonds is 8. The maximum atomic E-state index is 15.2. The maximum Gasteiger partial charge on any atom is 0.334 e. The number of ether oxygens (including phenoxy) is 2. The molecule has 4 aromatic rings. The lowest BCUT2D eigenvalue weighted by Gasteiger charge is -2.37. The van der Waals surface area contributed by atoms with Gasteiger partial charge in [0.05, 0.1) is 6.54 Å². The van der Waals surface area contributed by atoms with Crippen molar-refractivity contribution in [2.45, 2.75) is 51.4 Å². The van der Waals surface area contributed by atoms with E-state index in [2.05, 4.69) is 0 Å². The Hall–Kier alpha value is -4.97. The summed E-state index contributed by atoms with van der Waals surface area (Å²) in [5, 5.41) is 0. The topological polar surface area (TPSA) is 72.9 Å². The first-order chi connectivity index (χ1) is 21.7. The van der Waals surface area contributed by atoms with Crippen molar-refractivity contribution in [3.8, 4) is 0 Å². The van der Waals surface area contributed by atoms with E-state index in [1.807, 2.05) is 115 Å². The number of allylic oxidation sites excluding steroid dienone is 1. The number of hydrogen-bond donors (Lipinski definition) is 0. The zero-order valence-corrected chi connectivity index (χ0v) is 25.8. The van der Waals surface area contributed by atoms with E-state index in [1.165, 1.54) is 0 Å². The number of anilines is 1. The van der Waals surface area contributed by atoms with E-state index in [-0.39, 0.29) is 18.1 Å². The molecule has 0 bridgehead atoms. The molecule has 6 nitrogen and oxygen atoms in total. The van der Waals surface area contributed by atoms with Crippen molar-refractivity contribution in [1.82, 2.24) is 0 Å². The molecule has 1 aliphatic heterocycles. The van der Waals surface area contributed by atoms with Crippen LogP contribution in [0.2, 0.25) is 0 Å². The van der Waals surface area contributed by atoms with Crippen molar-refractivity contribution in [1.29, 1.82) is 0 Å². The Morgan fingerprint density at radius 1 is 0.756 bits per heavy atom. The van der Waals surface area contributed by atoms with Crippen LogP contribution in [-0.4, -0.2) is 23.4 Å². The molecule has 2 aliphatic rings. The fourth-order valence-corrected chi connectivity index (χ4v) is 6.72. The number of fused-ring (bicyclic) bond motifs is 2. The monoisotopic (exact) mass is 599 g/mol. The first kappa shape index (κ1) is 30.1. The van der Waals surface area contributed by atoms with Gasteiger partial charge < -0.3 is 14.4 Å². The summed E-state index contributed by atoms with van der Waals surface area (Å²) in [5.41, 5.74) is 2.11. The Morgan fingerprint density at radius 2 is 1.31 bits per heavy atom. The third-order valence-corrected chi connectivity index (χ3v) is 8.54. The van der Waals surface area contributed by atoms with Crippen molar-refractivity contribution in [2.75, 3.05) is 4.90 Å². The van der Waals surface area contributed by atoms with Crippen LogP contribution < -0.4 is 4.90 Å².